The van der Waals surface area contributed by atoms with Gasteiger partial charge in [-0.2, -0.15) is 0 Å². The van der Waals surface area contributed by atoms with Crippen molar-refractivity contribution in [3.05, 3.63) is 59.7 Å². The summed E-state index contributed by atoms with van der Waals surface area (Å²) in [4.78, 5) is 11.8. The van der Waals surface area contributed by atoms with E-state index in [-0.39, 0.29) is 19.4 Å². The maximum atomic E-state index is 11.8. The van der Waals surface area contributed by atoms with Gasteiger partial charge in [0.1, 0.15) is 6.61 Å². The summed E-state index contributed by atoms with van der Waals surface area (Å²) < 4.78 is 15.7. The van der Waals surface area contributed by atoms with E-state index in [1.807, 2.05) is 24.3 Å². The molecule has 1 aliphatic rings. The van der Waals surface area contributed by atoms with Crippen LogP contribution in [0.15, 0.2) is 48.5 Å². The van der Waals surface area contributed by atoms with E-state index in [1.54, 1.807) is 24.3 Å². The molecule has 0 bridgehead atoms. The first-order chi connectivity index (χ1) is 9.33. The minimum Gasteiger partial charge on any atom is -0.457 e. The van der Waals surface area contributed by atoms with E-state index in [9.17, 15) is 4.79 Å². The van der Waals surface area contributed by atoms with Crippen LogP contribution in [-0.2, 0) is 11.3 Å². The molecule has 4 nitrogen and oxygen atoms in total. The van der Waals surface area contributed by atoms with Gasteiger partial charge in [-0.25, -0.2) is 4.79 Å². The third kappa shape index (κ3) is 2.52. The highest BCUT2D eigenvalue weighted by atomic mass is 16.7. The van der Waals surface area contributed by atoms with Crippen LogP contribution < -0.4 is 9.47 Å². The number of rotatable bonds is 3. The van der Waals surface area contributed by atoms with Crippen LogP contribution in [-0.4, -0.2) is 12.8 Å². The van der Waals surface area contributed by atoms with Crippen molar-refractivity contribution in [1.82, 2.24) is 0 Å². The summed E-state index contributed by atoms with van der Waals surface area (Å²) in [7, 11) is 0. The molecule has 0 saturated carbocycles. The van der Waals surface area contributed by atoms with Gasteiger partial charge in [0.15, 0.2) is 11.5 Å². The molecule has 2 aromatic carbocycles. The van der Waals surface area contributed by atoms with Gasteiger partial charge in [0, 0.05) is 0 Å². The van der Waals surface area contributed by atoms with Crippen LogP contribution in [0.3, 0.4) is 0 Å². The first kappa shape index (κ1) is 11.6. The molecule has 0 aromatic heterocycles. The summed E-state index contributed by atoms with van der Waals surface area (Å²) in [6, 6.07) is 14.4. The van der Waals surface area contributed by atoms with E-state index < -0.39 is 0 Å². The third-order valence-electron chi connectivity index (χ3n) is 2.82. The van der Waals surface area contributed by atoms with E-state index in [2.05, 4.69) is 0 Å². The van der Waals surface area contributed by atoms with Crippen molar-refractivity contribution in [2.24, 2.45) is 0 Å². The average molecular weight is 256 g/mol. The summed E-state index contributed by atoms with van der Waals surface area (Å²) >= 11 is 0. The van der Waals surface area contributed by atoms with Gasteiger partial charge in [0.25, 0.3) is 0 Å². The first-order valence-electron chi connectivity index (χ1n) is 5.93. The van der Waals surface area contributed by atoms with Crippen LogP contribution in [0.5, 0.6) is 11.5 Å². The number of hydrogen-bond acceptors (Lipinski definition) is 4. The summed E-state index contributed by atoms with van der Waals surface area (Å²) in [6.07, 6.45) is 0. The summed E-state index contributed by atoms with van der Waals surface area (Å²) in [6.45, 7) is 0.451. The van der Waals surface area contributed by atoms with Crippen LogP contribution in [0.25, 0.3) is 0 Å². The minimum absolute atomic E-state index is 0.213. The summed E-state index contributed by atoms with van der Waals surface area (Å²) in [5, 5.41) is 0. The number of esters is 1. The molecule has 0 saturated heterocycles. The van der Waals surface area contributed by atoms with E-state index in [0.717, 1.165) is 11.3 Å². The number of fused-ring (bicyclic) bond motifs is 1. The Bertz CT molecular complexity index is 592. The van der Waals surface area contributed by atoms with Gasteiger partial charge in [-0.1, -0.05) is 24.3 Å². The Morgan fingerprint density at radius 1 is 1.05 bits per heavy atom. The molecule has 0 fully saturated rings. The average Bonchev–Trinajstić information content (AvgIpc) is 2.93. The number of ether oxygens (including phenoxy) is 3. The molecule has 4 heteroatoms. The molecule has 0 spiro atoms. The highest BCUT2D eigenvalue weighted by Gasteiger charge is 2.14. The van der Waals surface area contributed by atoms with Crippen LogP contribution >= 0.6 is 0 Å². The smallest absolute Gasteiger partial charge is 0.338 e. The highest BCUT2D eigenvalue weighted by molar-refractivity contribution is 5.89. The Labute approximate surface area is 110 Å². The van der Waals surface area contributed by atoms with Gasteiger partial charge in [0.2, 0.25) is 6.79 Å². The fourth-order valence-electron chi connectivity index (χ4n) is 1.84. The maximum absolute atomic E-state index is 11.8. The van der Waals surface area contributed by atoms with Gasteiger partial charge in [0.05, 0.1) is 5.56 Å². The number of hydrogen-bond donors (Lipinski definition) is 0. The topological polar surface area (TPSA) is 44.8 Å². The third-order valence-corrected chi connectivity index (χ3v) is 2.82. The molecule has 96 valence electrons. The molecule has 0 N–H and O–H groups in total. The SMILES string of the molecule is O=C(OCc1ccc2c(c1)OCO2)c1ccccc1. The fourth-order valence-corrected chi connectivity index (χ4v) is 1.84. The molecule has 1 aliphatic heterocycles. The Kier molecular flexibility index (Phi) is 3.06. The second-order valence-corrected chi connectivity index (χ2v) is 4.13. The monoisotopic (exact) mass is 256 g/mol. The second kappa shape index (κ2) is 5.02. The van der Waals surface area contributed by atoms with Crippen LogP contribution in [0.1, 0.15) is 15.9 Å². The van der Waals surface area contributed by atoms with Gasteiger partial charge in [-0.15, -0.1) is 0 Å². The largest absolute Gasteiger partial charge is 0.457 e. The number of carbonyl (C=O) groups excluding carboxylic acids is 1. The lowest BCUT2D eigenvalue weighted by molar-refractivity contribution is 0.0472. The molecule has 0 radical (unpaired) electrons. The lowest BCUT2D eigenvalue weighted by Crippen LogP contribution is -2.04. The van der Waals surface area contributed by atoms with Gasteiger partial charge >= 0.3 is 5.97 Å². The van der Waals surface area contributed by atoms with E-state index in [4.69, 9.17) is 14.2 Å². The lowest BCUT2D eigenvalue weighted by Gasteiger charge is -2.05. The molecular formula is C15H12O4. The van der Waals surface area contributed by atoms with Crippen molar-refractivity contribution in [1.29, 1.82) is 0 Å². The number of carbonyl (C=O) groups is 1. The van der Waals surface area contributed by atoms with Gasteiger partial charge in [-0.3, -0.25) is 0 Å². The van der Waals surface area contributed by atoms with E-state index in [1.165, 1.54) is 0 Å². The van der Waals surface area contributed by atoms with Gasteiger partial charge in [-0.05, 0) is 29.8 Å². The molecule has 0 atom stereocenters. The number of benzene rings is 2. The molecular weight excluding hydrogens is 244 g/mol. The first-order valence-corrected chi connectivity index (χ1v) is 5.93. The Morgan fingerprint density at radius 2 is 1.84 bits per heavy atom. The Morgan fingerprint density at radius 3 is 2.68 bits per heavy atom. The Hall–Kier alpha value is -2.49. The van der Waals surface area contributed by atoms with Crippen molar-refractivity contribution in [2.45, 2.75) is 6.61 Å². The predicted octanol–water partition coefficient (Wildman–Crippen LogP) is 2.77. The zero-order valence-corrected chi connectivity index (χ0v) is 10.2. The maximum Gasteiger partial charge on any atom is 0.338 e. The van der Waals surface area contributed by atoms with Crippen molar-refractivity contribution in [2.75, 3.05) is 6.79 Å². The molecule has 0 unspecified atom stereocenters. The van der Waals surface area contributed by atoms with Crippen molar-refractivity contribution in [3.8, 4) is 11.5 Å². The zero-order valence-electron chi connectivity index (χ0n) is 10.2. The summed E-state index contributed by atoms with van der Waals surface area (Å²) in [5.74, 6) is 1.07. The fraction of sp³-hybridized carbons (Fsp3) is 0.133. The van der Waals surface area contributed by atoms with Crippen LogP contribution in [0.2, 0.25) is 0 Å². The molecule has 3 rings (SSSR count). The predicted molar refractivity (Wildman–Crippen MR) is 68.1 cm³/mol. The van der Waals surface area contributed by atoms with Gasteiger partial charge < -0.3 is 14.2 Å². The lowest BCUT2D eigenvalue weighted by atomic mass is 10.2. The standard InChI is InChI=1S/C15H12O4/c16-15(12-4-2-1-3-5-12)17-9-11-6-7-13-14(8-11)19-10-18-13/h1-8H,9-10H2. The second-order valence-electron chi connectivity index (χ2n) is 4.13. The van der Waals surface area contributed by atoms with Crippen molar-refractivity contribution < 1.29 is 19.0 Å². The van der Waals surface area contributed by atoms with Crippen LogP contribution in [0, 0.1) is 0 Å². The quantitative estimate of drug-likeness (QED) is 0.792. The highest BCUT2D eigenvalue weighted by Crippen LogP contribution is 2.32. The normalized spacial score (nSPS) is 12.2. The van der Waals surface area contributed by atoms with E-state index >= 15 is 0 Å². The van der Waals surface area contributed by atoms with Crippen molar-refractivity contribution >= 4 is 5.97 Å². The van der Waals surface area contributed by atoms with E-state index in [0.29, 0.717) is 11.3 Å². The molecule has 0 amide bonds. The Balaban J connectivity index is 1.65. The molecule has 2 aromatic rings. The molecule has 0 aliphatic carbocycles. The van der Waals surface area contributed by atoms with Crippen LogP contribution in [0.4, 0.5) is 0 Å². The zero-order chi connectivity index (χ0) is 13.1. The minimum atomic E-state index is -0.335. The summed E-state index contributed by atoms with van der Waals surface area (Å²) in [5.41, 5.74) is 1.41. The molecule has 1 heterocycles. The molecule has 19 heavy (non-hydrogen) atoms. The van der Waals surface area contributed by atoms with Crippen molar-refractivity contribution in [3.63, 3.8) is 0 Å².